The zero-order valence-corrected chi connectivity index (χ0v) is 22.8. The molecule has 190 valence electrons. The molecule has 1 N–H and O–H groups in total. The second-order valence-corrected chi connectivity index (χ2v) is 11.6. The van der Waals surface area contributed by atoms with Crippen molar-refractivity contribution < 1.29 is 14.7 Å². The van der Waals surface area contributed by atoms with Gasteiger partial charge in [-0.15, -0.1) is 0 Å². The standard InChI is InChI=1S/C30H52O3/c1-8-12-26-27(29(32)25(6)21-28(26)31)18-20-30(7,33)19-11-17-24(5)16-10-15-23(4)14-9-13-22(2)3/h21-24,33H,8-20H2,1-7H3/t23-,24-,30-/m1/s1. The molecule has 0 heterocycles. The molecular weight excluding hydrogens is 408 g/mol. The smallest absolute Gasteiger partial charge is 0.185 e. The molecule has 0 radical (unpaired) electrons. The third-order valence-corrected chi connectivity index (χ3v) is 7.34. The molecule has 0 aromatic rings. The van der Waals surface area contributed by atoms with Crippen molar-refractivity contribution in [3.8, 4) is 0 Å². The Morgan fingerprint density at radius 3 is 1.91 bits per heavy atom. The number of rotatable bonds is 17. The second kappa shape index (κ2) is 14.9. The maximum Gasteiger partial charge on any atom is 0.185 e. The van der Waals surface area contributed by atoms with Gasteiger partial charge in [0.25, 0.3) is 0 Å². The molecule has 0 bridgehead atoms. The number of ketones is 2. The van der Waals surface area contributed by atoms with Crippen LogP contribution in [0.1, 0.15) is 132 Å². The van der Waals surface area contributed by atoms with Crippen LogP contribution >= 0.6 is 0 Å². The van der Waals surface area contributed by atoms with Gasteiger partial charge in [0.15, 0.2) is 11.6 Å². The van der Waals surface area contributed by atoms with Crippen molar-refractivity contribution in [2.45, 2.75) is 138 Å². The Morgan fingerprint density at radius 1 is 0.818 bits per heavy atom. The van der Waals surface area contributed by atoms with Crippen LogP contribution in [0.3, 0.4) is 0 Å². The molecular formula is C30H52O3. The van der Waals surface area contributed by atoms with E-state index in [4.69, 9.17) is 0 Å². The summed E-state index contributed by atoms with van der Waals surface area (Å²) in [6, 6.07) is 0. The second-order valence-electron chi connectivity index (χ2n) is 11.6. The molecule has 3 atom stereocenters. The molecule has 3 heteroatoms. The number of carbonyl (C=O) groups excluding carboxylic acids is 2. The van der Waals surface area contributed by atoms with Gasteiger partial charge in [0, 0.05) is 16.7 Å². The van der Waals surface area contributed by atoms with Crippen molar-refractivity contribution in [1.82, 2.24) is 0 Å². The van der Waals surface area contributed by atoms with Crippen molar-refractivity contribution in [3.05, 3.63) is 22.8 Å². The minimum absolute atomic E-state index is 0.0130. The summed E-state index contributed by atoms with van der Waals surface area (Å²) in [6.45, 7) is 15.0. The summed E-state index contributed by atoms with van der Waals surface area (Å²) in [5.74, 6) is 2.30. The predicted molar refractivity (Wildman–Crippen MR) is 140 cm³/mol. The molecule has 0 fully saturated rings. The SMILES string of the molecule is CCCC1=C(CC[C@](C)(O)CCC[C@H](C)CCC[C@H](C)CCCC(C)C)C(=O)C(C)=CC1=O. The summed E-state index contributed by atoms with van der Waals surface area (Å²) in [6.07, 6.45) is 14.8. The number of hydrogen-bond donors (Lipinski definition) is 1. The summed E-state index contributed by atoms with van der Waals surface area (Å²) >= 11 is 0. The van der Waals surface area contributed by atoms with Crippen LogP contribution in [0.15, 0.2) is 22.8 Å². The molecule has 0 aromatic heterocycles. The Hall–Kier alpha value is -1.22. The Balaban J connectivity index is 2.37. The lowest BCUT2D eigenvalue weighted by Crippen LogP contribution is -2.26. The summed E-state index contributed by atoms with van der Waals surface area (Å²) in [5.41, 5.74) is 1.03. The van der Waals surface area contributed by atoms with Crippen molar-refractivity contribution in [3.63, 3.8) is 0 Å². The van der Waals surface area contributed by atoms with E-state index in [1.54, 1.807) is 6.92 Å². The first kappa shape index (κ1) is 29.8. The molecule has 0 saturated heterocycles. The fourth-order valence-corrected chi connectivity index (χ4v) is 4.99. The number of aliphatic hydroxyl groups is 1. The van der Waals surface area contributed by atoms with Crippen LogP contribution in [-0.4, -0.2) is 22.3 Å². The first-order valence-electron chi connectivity index (χ1n) is 13.7. The lowest BCUT2D eigenvalue weighted by molar-refractivity contribution is -0.116. The largest absolute Gasteiger partial charge is 0.390 e. The minimum atomic E-state index is -0.798. The first-order valence-corrected chi connectivity index (χ1v) is 13.7. The number of carbonyl (C=O) groups is 2. The van der Waals surface area contributed by atoms with Gasteiger partial charge in [-0.25, -0.2) is 0 Å². The van der Waals surface area contributed by atoms with Gasteiger partial charge in [0.05, 0.1) is 5.60 Å². The van der Waals surface area contributed by atoms with Crippen LogP contribution in [0.25, 0.3) is 0 Å². The van der Waals surface area contributed by atoms with E-state index >= 15 is 0 Å². The zero-order chi connectivity index (χ0) is 25.0. The highest BCUT2D eigenvalue weighted by Gasteiger charge is 2.28. The molecule has 0 spiro atoms. The highest BCUT2D eigenvalue weighted by atomic mass is 16.3. The van der Waals surface area contributed by atoms with Crippen molar-refractivity contribution in [1.29, 1.82) is 0 Å². The fraction of sp³-hybridized carbons (Fsp3) is 0.800. The van der Waals surface area contributed by atoms with E-state index in [9.17, 15) is 14.7 Å². The van der Waals surface area contributed by atoms with E-state index in [1.165, 1.54) is 44.6 Å². The van der Waals surface area contributed by atoms with E-state index in [2.05, 4.69) is 27.7 Å². The average Bonchev–Trinajstić information content (AvgIpc) is 2.71. The van der Waals surface area contributed by atoms with Crippen LogP contribution in [0, 0.1) is 17.8 Å². The van der Waals surface area contributed by atoms with Gasteiger partial charge in [-0.1, -0.05) is 92.4 Å². The summed E-state index contributed by atoms with van der Waals surface area (Å²) < 4.78 is 0. The van der Waals surface area contributed by atoms with Gasteiger partial charge in [-0.2, -0.15) is 0 Å². The molecule has 0 saturated carbocycles. The lowest BCUT2D eigenvalue weighted by atomic mass is 9.82. The third kappa shape index (κ3) is 11.7. The molecule has 33 heavy (non-hydrogen) atoms. The highest BCUT2D eigenvalue weighted by molar-refractivity contribution is 6.22. The molecule has 0 aliphatic heterocycles. The van der Waals surface area contributed by atoms with Crippen LogP contribution in [-0.2, 0) is 9.59 Å². The van der Waals surface area contributed by atoms with Gasteiger partial charge in [-0.3, -0.25) is 9.59 Å². The number of Topliss-reactive ketones (excluding diaryl/α,β-unsaturated/α-hetero) is 1. The van der Waals surface area contributed by atoms with Crippen molar-refractivity contribution in [2.24, 2.45) is 17.8 Å². The zero-order valence-electron chi connectivity index (χ0n) is 22.8. The van der Waals surface area contributed by atoms with Crippen LogP contribution < -0.4 is 0 Å². The van der Waals surface area contributed by atoms with Gasteiger partial charge in [-0.05, 0) is 63.4 Å². The fourth-order valence-electron chi connectivity index (χ4n) is 4.99. The van der Waals surface area contributed by atoms with E-state index in [1.807, 2.05) is 13.8 Å². The number of allylic oxidation sites excluding steroid dienone is 4. The van der Waals surface area contributed by atoms with Gasteiger partial charge in [0.2, 0.25) is 0 Å². The van der Waals surface area contributed by atoms with Crippen LogP contribution in [0.2, 0.25) is 0 Å². The Kier molecular flexibility index (Phi) is 13.5. The summed E-state index contributed by atoms with van der Waals surface area (Å²) in [4.78, 5) is 25.0. The van der Waals surface area contributed by atoms with Gasteiger partial charge < -0.3 is 5.11 Å². The topological polar surface area (TPSA) is 54.4 Å². The molecule has 1 aliphatic carbocycles. The van der Waals surface area contributed by atoms with E-state index in [0.717, 1.165) is 37.5 Å². The minimum Gasteiger partial charge on any atom is -0.390 e. The van der Waals surface area contributed by atoms with Crippen molar-refractivity contribution in [2.75, 3.05) is 0 Å². The summed E-state index contributed by atoms with van der Waals surface area (Å²) in [7, 11) is 0. The lowest BCUT2D eigenvalue weighted by Gasteiger charge is -2.26. The van der Waals surface area contributed by atoms with Crippen LogP contribution in [0.4, 0.5) is 0 Å². The molecule has 3 nitrogen and oxygen atoms in total. The maximum absolute atomic E-state index is 12.7. The monoisotopic (exact) mass is 460 g/mol. The Bertz CT molecular complexity index is 681. The Morgan fingerprint density at radius 2 is 1.36 bits per heavy atom. The third-order valence-electron chi connectivity index (χ3n) is 7.34. The number of hydrogen-bond acceptors (Lipinski definition) is 3. The average molecular weight is 461 g/mol. The molecule has 1 aliphatic rings. The van der Waals surface area contributed by atoms with Gasteiger partial charge in [0.1, 0.15) is 0 Å². The maximum atomic E-state index is 12.7. The normalized spacial score (nSPS) is 18.5. The highest BCUT2D eigenvalue weighted by Crippen LogP contribution is 2.30. The van der Waals surface area contributed by atoms with Crippen LogP contribution in [0.5, 0.6) is 0 Å². The van der Waals surface area contributed by atoms with E-state index < -0.39 is 5.60 Å². The summed E-state index contributed by atoms with van der Waals surface area (Å²) in [5, 5.41) is 10.9. The van der Waals surface area contributed by atoms with E-state index in [-0.39, 0.29) is 11.6 Å². The molecule has 1 rings (SSSR count). The molecule has 0 aromatic carbocycles. The molecule has 0 amide bonds. The first-order chi connectivity index (χ1) is 15.5. The van der Waals surface area contributed by atoms with Crippen molar-refractivity contribution >= 4 is 11.6 Å². The predicted octanol–water partition coefficient (Wildman–Crippen LogP) is 8.15. The van der Waals surface area contributed by atoms with E-state index in [0.29, 0.717) is 41.9 Å². The van der Waals surface area contributed by atoms with Gasteiger partial charge >= 0.3 is 0 Å². The Labute approximate surface area is 204 Å². The molecule has 0 unspecified atom stereocenters. The quantitative estimate of drug-likeness (QED) is 0.223.